The lowest BCUT2D eigenvalue weighted by molar-refractivity contribution is -0.136. The van der Waals surface area contributed by atoms with E-state index in [1.807, 2.05) is 6.07 Å². The molecule has 0 aliphatic rings. The Balaban J connectivity index is 2.47. The van der Waals surface area contributed by atoms with E-state index in [-0.39, 0.29) is 5.12 Å². The van der Waals surface area contributed by atoms with E-state index < -0.39 is 11.2 Å². The standard InChI is InChI=1S/C10H10O3S2/c1-7(9(11)12)14-15-10(13)8-5-3-2-4-6-8/h2-7H,1H3,(H,11,12). The molecule has 1 unspecified atom stereocenters. The van der Waals surface area contributed by atoms with Crippen molar-refractivity contribution in [3.05, 3.63) is 35.9 Å². The molecule has 0 spiro atoms. The summed E-state index contributed by atoms with van der Waals surface area (Å²) in [5, 5.41) is 7.92. The zero-order valence-corrected chi connectivity index (χ0v) is 9.68. The van der Waals surface area contributed by atoms with Gasteiger partial charge in [0.1, 0.15) is 5.25 Å². The number of hydrogen-bond donors (Lipinski definition) is 1. The van der Waals surface area contributed by atoms with Crippen LogP contribution in [0.3, 0.4) is 0 Å². The minimum absolute atomic E-state index is 0.117. The molecule has 0 fully saturated rings. The Morgan fingerprint density at radius 1 is 1.27 bits per heavy atom. The van der Waals surface area contributed by atoms with E-state index in [1.165, 1.54) is 0 Å². The van der Waals surface area contributed by atoms with Gasteiger partial charge < -0.3 is 5.11 Å². The van der Waals surface area contributed by atoms with Crippen molar-refractivity contribution in [3.8, 4) is 0 Å². The lowest BCUT2D eigenvalue weighted by atomic mass is 10.2. The number of hydrogen-bond acceptors (Lipinski definition) is 4. The number of carbonyl (C=O) groups is 2. The van der Waals surface area contributed by atoms with Gasteiger partial charge in [-0.15, -0.1) is 0 Å². The molecule has 0 radical (unpaired) electrons. The number of carboxylic acids is 1. The highest BCUT2D eigenvalue weighted by Crippen LogP contribution is 2.29. The Hall–Kier alpha value is -0.940. The summed E-state index contributed by atoms with van der Waals surface area (Å²) in [6.07, 6.45) is 0. The van der Waals surface area contributed by atoms with Gasteiger partial charge in [-0.1, -0.05) is 41.1 Å². The van der Waals surface area contributed by atoms with Crippen molar-refractivity contribution in [2.24, 2.45) is 0 Å². The van der Waals surface area contributed by atoms with Gasteiger partial charge in [-0.05, 0) is 17.7 Å². The maximum atomic E-state index is 11.5. The molecule has 3 nitrogen and oxygen atoms in total. The van der Waals surface area contributed by atoms with Crippen LogP contribution in [0.5, 0.6) is 0 Å². The van der Waals surface area contributed by atoms with Crippen LogP contribution in [-0.4, -0.2) is 21.4 Å². The summed E-state index contributed by atoms with van der Waals surface area (Å²) >= 11 is 0. The van der Waals surface area contributed by atoms with E-state index in [2.05, 4.69) is 0 Å². The van der Waals surface area contributed by atoms with Crippen LogP contribution >= 0.6 is 21.6 Å². The van der Waals surface area contributed by atoms with Crippen LogP contribution in [0, 0.1) is 0 Å². The number of aliphatic carboxylic acids is 1. The first-order chi connectivity index (χ1) is 7.11. The normalized spacial score (nSPS) is 12.1. The van der Waals surface area contributed by atoms with Crippen LogP contribution in [0.2, 0.25) is 0 Å². The van der Waals surface area contributed by atoms with Crippen LogP contribution in [0.15, 0.2) is 30.3 Å². The average molecular weight is 242 g/mol. The van der Waals surface area contributed by atoms with Gasteiger partial charge in [0.2, 0.25) is 5.12 Å². The fraction of sp³-hybridized carbons (Fsp3) is 0.200. The first kappa shape index (κ1) is 12.1. The second kappa shape index (κ2) is 5.82. The monoisotopic (exact) mass is 242 g/mol. The van der Waals surface area contributed by atoms with Gasteiger partial charge in [-0.2, -0.15) is 0 Å². The summed E-state index contributed by atoms with van der Waals surface area (Å²) in [4.78, 5) is 22.0. The number of benzene rings is 1. The van der Waals surface area contributed by atoms with Gasteiger partial charge >= 0.3 is 5.97 Å². The Morgan fingerprint density at radius 2 is 1.87 bits per heavy atom. The van der Waals surface area contributed by atoms with E-state index >= 15 is 0 Å². The van der Waals surface area contributed by atoms with Crippen LogP contribution in [0.1, 0.15) is 17.3 Å². The molecule has 1 aromatic carbocycles. The third-order valence-electron chi connectivity index (χ3n) is 1.63. The zero-order chi connectivity index (χ0) is 11.3. The van der Waals surface area contributed by atoms with Crippen molar-refractivity contribution in [1.82, 2.24) is 0 Å². The lowest BCUT2D eigenvalue weighted by Crippen LogP contribution is -2.10. The smallest absolute Gasteiger partial charge is 0.317 e. The number of rotatable bonds is 4. The first-order valence-electron chi connectivity index (χ1n) is 4.27. The molecule has 80 valence electrons. The molecule has 0 bridgehead atoms. The van der Waals surface area contributed by atoms with Gasteiger partial charge in [-0.3, -0.25) is 9.59 Å². The highest BCUT2D eigenvalue weighted by molar-refractivity contribution is 8.82. The Labute approximate surface area is 95.7 Å². The van der Waals surface area contributed by atoms with E-state index in [1.54, 1.807) is 31.2 Å². The third kappa shape index (κ3) is 3.97. The molecule has 1 N–H and O–H groups in total. The molecule has 0 heterocycles. The second-order valence-electron chi connectivity index (χ2n) is 2.81. The molecule has 0 saturated heterocycles. The summed E-state index contributed by atoms with van der Waals surface area (Å²) in [5.41, 5.74) is 0.590. The van der Waals surface area contributed by atoms with E-state index in [9.17, 15) is 9.59 Å². The van der Waals surface area contributed by atoms with Crippen LogP contribution in [0.4, 0.5) is 0 Å². The SMILES string of the molecule is CC(SSC(=O)c1ccccc1)C(=O)O. The molecular weight excluding hydrogens is 232 g/mol. The van der Waals surface area contributed by atoms with Gasteiger partial charge in [0.25, 0.3) is 0 Å². The molecular formula is C10H10O3S2. The molecule has 1 atom stereocenters. The topological polar surface area (TPSA) is 54.4 Å². The van der Waals surface area contributed by atoms with Crippen molar-refractivity contribution in [3.63, 3.8) is 0 Å². The molecule has 1 rings (SSSR count). The summed E-state index contributed by atoms with van der Waals surface area (Å²) in [5.74, 6) is -0.909. The molecule has 0 amide bonds. The highest BCUT2D eigenvalue weighted by Gasteiger charge is 2.15. The van der Waals surface area contributed by atoms with E-state index in [0.29, 0.717) is 5.56 Å². The Bertz CT molecular complexity index is 351. The lowest BCUT2D eigenvalue weighted by Gasteiger charge is -2.03. The maximum Gasteiger partial charge on any atom is 0.317 e. The van der Waals surface area contributed by atoms with Crippen molar-refractivity contribution < 1.29 is 14.7 Å². The second-order valence-corrected chi connectivity index (χ2v) is 5.33. The first-order valence-corrected chi connectivity index (χ1v) is 6.48. The number of carboxylic acid groups (broad SMARTS) is 1. The van der Waals surface area contributed by atoms with Gasteiger partial charge in [-0.25, -0.2) is 0 Å². The minimum atomic E-state index is -0.909. The van der Waals surface area contributed by atoms with Gasteiger partial charge in [0.05, 0.1) is 0 Å². The molecule has 5 heteroatoms. The minimum Gasteiger partial charge on any atom is -0.480 e. The zero-order valence-electron chi connectivity index (χ0n) is 8.04. The largest absolute Gasteiger partial charge is 0.480 e. The highest BCUT2D eigenvalue weighted by atomic mass is 33.1. The fourth-order valence-corrected chi connectivity index (χ4v) is 2.56. The van der Waals surface area contributed by atoms with Crippen molar-refractivity contribution >= 4 is 32.7 Å². The quantitative estimate of drug-likeness (QED) is 0.823. The van der Waals surface area contributed by atoms with Gasteiger partial charge in [0, 0.05) is 5.56 Å². The predicted molar refractivity (Wildman–Crippen MR) is 63.1 cm³/mol. The van der Waals surface area contributed by atoms with Crippen molar-refractivity contribution in [2.75, 3.05) is 0 Å². The van der Waals surface area contributed by atoms with Gasteiger partial charge in [0.15, 0.2) is 0 Å². The van der Waals surface area contributed by atoms with Crippen molar-refractivity contribution in [1.29, 1.82) is 0 Å². The summed E-state index contributed by atoms with van der Waals surface area (Å²) in [7, 11) is 2.02. The molecule has 0 aliphatic heterocycles. The molecule has 0 aromatic heterocycles. The van der Waals surface area contributed by atoms with E-state index in [4.69, 9.17) is 5.11 Å². The third-order valence-corrected chi connectivity index (χ3v) is 4.21. The molecule has 1 aromatic rings. The van der Waals surface area contributed by atoms with Crippen LogP contribution < -0.4 is 0 Å². The molecule has 0 saturated carbocycles. The Kier molecular flexibility index (Phi) is 4.71. The summed E-state index contributed by atoms with van der Waals surface area (Å²) < 4.78 is 0. The molecule has 15 heavy (non-hydrogen) atoms. The predicted octanol–water partition coefficient (Wildman–Crippen LogP) is 2.68. The van der Waals surface area contributed by atoms with Crippen LogP contribution in [0.25, 0.3) is 0 Å². The fourth-order valence-electron chi connectivity index (χ4n) is 0.779. The van der Waals surface area contributed by atoms with Crippen LogP contribution in [-0.2, 0) is 4.79 Å². The maximum absolute atomic E-state index is 11.5. The summed E-state index contributed by atoms with van der Waals surface area (Å²) in [6.45, 7) is 1.55. The summed E-state index contributed by atoms with van der Waals surface area (Å²) in [6, 6.07) is 8.80. The van der Waals surface area contributed by atoms with E-state index in [0.717, 1.165) is 21.6 Å². The van der Waals surface area contributed by atoms with Crippen molar-refractivity contribution in [2.45, 2.75) is 12.2 Å². The average Bonchev–Trinajstić information content (AvgIpc) is 2.26. The molecule has 0 aliphatic carbocycles. The Morgan fingerprint density at radius 3 is 2.40 bits per heavy atom. The number of carbonyl (C=O) groups excluding carboxylic acids is 1.